The van der Waals surface area contributed by atoms with Crippen molar-refractivity contribution >= 4 is 49.0 Å². The zero-order valence-corrected chi connectivity index (χ0v) is 13.2. The SMILES string of the molecule is Cc1cccc(CC(=O)c2cc(Br)c(Br)s2)c1. The molecule has 0 fully saturated rings. The molecule has 17 heavy (non-hydrogen) atoms. The van der Waals surface area contributed by atoms with Gasteiger partial charge in [-0.05, 0) is 50.4 Å². The van der Waals surface area contributed by atoms with Crippen molar-refractivity contribution in [3.05, 3.63) is 54.6 Å². The smallest absolute Gasteiger partial charge is 0.177 e. The topological polar surface area (TPSA) is 17.1 Å². The van der Waals surface area contributed by atoms with Gasteiger partial charge in [0.05, 0.1) is 8.66 Å². The Bertz CT molecular complexity index is 541. The molecule has 0 aliphatic rings. The van der Waals surface area contributed by atoms with Crippen LogP contribution in [0.2, 0.25) is 0 Å². The average molecular weight is 374 g/mol. The number of Topliss-reactive ketones (excluding diaryl/α,β-unsaturated/α-hetero) is 1. The van der Waals surface area contributed by atoms with Gasteiger partial charge in [-0.2, -0.15) is 0 Å². The Balaban J connectivity index is 2.17. The molecule has 2 rings (SSSR count). The largest absolute Gasteiger partial charge is 0.293 e. The maximum atomic E-state index is 12.1. The third kappa shape index (κ3) is 3.27. The molecule has 0 bridgehead atoms. The van der Waals surface area contributed by atoms with E-state index < -0.39 is 0 Å². The molecule has 2 aromatic rings. The Labute approximate surface area is 121 Å². The Morgan fingerprint density at radius 2 is 2.06 bits per heavy atom. The molecular weight excluding hydrogens is 364 g/mol. The summed E-state index contributed by atoms with van der Waals surface area (Å²) in [5, 5.41) is 0. The maximum Gasteiger partial charge on any atom is 0.177 e. The average Bonchev–Trinajstić information content (AvgIpc) is 2.59. The summed E-state index contributed by atoms with van der Waals surface area (Å²) in [4.78, 5) is 12.8. The standard InChI is InChI=1S/C13H10Br2OS/c1-8-3-2-4-9(5-8)6-11(16)12-7-10(14)13(15)17-12/h2-5,7H,6H2,1H3. The highest BCUT2D eigenvalue weighted by molar-refractivity contribution is 9.13. The van der Waals surface area contributed by atoms with Crippen LogP contribution >= 0.6 is 43.2 Å². The summed E-state index contributed by atoms with van der Waals surface area (Å²) in [6.07, 6.45) is 0.459. The normalized spacial score (nSPS) is 10.5. The molecule has 0 spiro atoms. The lowest BCUT2D eigenvalue weighted by atomic mass is 10.1. The van der Waals surface area contributed by atoms with Crippen molar-refractivity contribution in [2.75, 3.05) is 0 Å². The maximum absolute atomic E-state index is 12.1. The molecule has 0 saturated carbocycles. The number of ketones is 1. The molecule has 0 aliphatic carbocycles. The number of rotatable bonds is 3. The van der Waals surface area contributed by atoms with Gasteiger partial charge in [-0.25, -0.2) is 0 Å². The van der Waals surface area contributed by atoms with Gasteiger partial charge < -0.3 is 0 Å². The number of thiophene rings is 1. The first-order valence-electron chi connectivity index (χ1n) is 5.10. The Kier molecular flexibility index (Phi) is 4.17. The van der Waals surface area contributed by atoms with Gasteiger partial charge in [0.25, 0.3) is 0 Å². The number of halogens is 2. The lowest BCUT2D eigenvalue weighted by Gasteiger charge is -2.00. The van der Waals surface area contributed by atoms with Crippen LogP contribution in [0, 0.1) is 6.92 Å². The zero-order valence-electron chi connectivity index (χ0n) is 9.17. The van der Waals surface area contributed by atoms with Crippen LogP contribution < -0.4 is 0 Å². The van der Waals surface area contributed by atoms with Gasteiger partial charge in [0.15, 0.2) is 5.78 Å². The van der Waals surface area contributed by atoms with Gasteiger partial charge in [0.1, 0.15) is 0 Å². The summed E-state index contributed by atoms with van der Waals surface area (Å²) in [5.41, 5.74) is 2.25. The molecule has 1 nitrogen and oxygen atoms in total. The molecule has 0 N–H and O–H groups in total. The number of carbonyl (C=O) groups excluding carboxylic acids is 1. The first kappa shape index (κ1) is 13.0. The fourth-order valence-electron chi connectivity index (χ4n) is 1.58. The van der Waals surface area contributed by atoms with Crippen molar-refractivity contribution in [3.63, 3.8) is 0 Å². The summed E-state index contributed by atoms with van der Waals surface area (Å²) in [6, 6.07) is 9.93. The van der Waals surface area contributed by atoms with Crippen LogP contribution in [-0.2, 0) is 6.42 Å². The van der Waals surface area contributed by atoms with Crippen molar-refractivity contribution in [3.8, 4) is 0 Å². The van der Waals surface area contributed by atoms with Gasteiger partial charge in [-0.1, -0.05) is 29.8 Å². The van der Waals surface area contributed by atoms with Crippen molar-refractivity contribution in [2.45, 2.75) is 13.3 Å². The number of hydrogen-bond acceptors (Lipinski definition) is 2. The zero-order chi connectivity index (χ0) is 12.4. The minimum atomic E-state index is 0.159. The molecule has 0 radical (unpaired) electrons. The molecule has 0 saturated heterocycles. The number of benzene rings is 1. The highest BCUT2D eigenvalue weighted by Crippen LogP contribution is 2.32. The van der Waals surface area contributed by atoms with E-state index in [1.54, 1.807) is 0 Å². The van der Waals surface area contributed by atoms with Crippen LogP contribution in [0.5, 0.6) is 0 Å². The van der Waals surface area contributed by atoms with Gasteiger partial charge in [0.2, 0.25) is 0 Å². The third-order valence-corrected chi connectivity index (χ3v) is 5.66. The molecule has 0 atom stereocenters. The highest BCUT2D eigenvalue weighted by Gasteiger charge is 2.12. The monoisotopic (exact) mass is 372 g/mol. The lowest BCUT2D eigenvalue weighted by molar-refractivity contribution is 0.0997. The Hall–Kier alpha value is -0.450. The first-order chi connectivity index (χ1) is 8.06. The van der Waals surface area contributed by atoms with Crippen molar-refractivity contribution in [1.29, 1.82) is 0 Å². The minimum Gasteiger partial charge on any atom is -0.293 e. The Morgan fingerprint density at radius 1 is 1.29 bits per heavy atom. The predicted molar refractivity (Wildman–Crippen MR) is 78.9 cm³/mol. The van der Waals surface area contributed by atoms with Crippen LogP contribution in [0.4, 0.5) is 0 Å². The molecule has 1 heterocycles. The van der Waals surface area contributed by atoms with E-state index in [1.807, 2.05) is 31.2 Å². The van der Waals surface area contributed by atoms with Crippen LogP contribution in [0.3, 0.4) is 0 Å². The Morgan fingerprint density at radius 3 is 2.65 bits per heavy atom. The summed E-state index contributed by atoms with van der Waals surface area (Å²) in [5.74, 6) is 0.159. The molecule has 0 unspecified atom stereocenters. The second-order valence-electron chi connectivity index (χ2n) is 3.82. The molecule has 0 amide bonds. The van der Waals surface area contributed by atoms with E-state index in [0.29, 0.717) is 6.42 Å². The van der Waals surface area contributed by atoms with Gasteiger partial charge >= 0.3 is 0 Å². The van der Waals surface area contributed by atoms with Crippen molar-refractivity contribution < 1.29 is 4.79 Å². The molecule has 88 valence electrons. The summed E-state index contributed by atoms with van der Waals surface area (Å²) in [7, 11) is 0. The second kappa shape index (κ2) is 5.46. The summed E-state index contributed by atoms with van der Waals surface area (Å²) < 4.78 is 1.90. The molecule has 1 aromatic heterocycles. The highest BCUT2D eigenvalue weighted by atomic mass is 79.9. The van der Waals surface area contributed by atoms with Crippen LogP contribution in [0.15, 0.2) is 38.6 Å². The predicted octanol–water partition coefficient (Wildman–Crippen LogP) is 5.01. The second-order valence-corrected chi connectivity index (χ2v) is 7.05. The lowest BCUT2D eigenvalue weighted by Crippen LogP contribution is -2.01. The van der Waals surface area contributed by atoms with Crippen molar-refractivity contribution in [1.82, 2.24) is 0 Å². The quantitative estimate of drug-likeness (QED) is 0.691. The van der Waals surface area contributed by atoms with E-state index in [1.165, 1.54) is 16.9 Å². The van der Waals surface area contributed by atoms with E-state index in [0.717, 1.165) is 18.7 Å². The molecule has 0 aliphatic heterocycles. The van der Waals surface area contributed by atoms with E-state index in [9.17, 15) is 4.79 Å². The van der Waals surface area contributed by atoms with Gasteiger partial charge in [-0.3, -0.25) is 4.79 Å². The van der Waals surface area contributed by atoms with Gasteiger partial charge in [0, 0.05) is 10.9 Å². The van der Waals surface area contributed by atoms with Crippen LogP contribution in [0.1, 0.15) is 20.8 Å². The molecule has 1 aromatic carbocycles. The van der Waals surface area contributed by atoms with E-state index in [4.69, 9.17) is 0 Å². The van der Waals surface area contributed by atoms with E-state index in [2.05, 4.69) is 37.9 Å². The minimum absolute atomic E-state index is 0.159. The number of hydrogen-bond donors (Lipinski definition) is 0. The summed E-state index contributed by atoms with van der Waals surface area (Å²) in [6.45, 7) is 2.03. The van der Waals surface area contributed by atoms with E-state index >= 15 is 0 Å². The summed E-state index contributed by atoms with van der Waals surface area (Å²) >= 11 is 8.26. The third-order valence-electron chi connectivity index (χ3n) is 2.37. The van der Waals surface area contributed by atoms with Crippen LogP contribution in [0.25, 0.3) is 0 Å². The number of aryl methyl sites for hydroxylation is 1. The number of carbonyl (C=O) groups is 1. The fourth-order valence-corrected chi connectivity index (χ4v) is 3.55. The first-order valence-corrected chi connectivity index (χ1v) is 7.50. The molecule has 4 heteroatoms. The van der Waals surface area contributed by atoms with Crippen molar-refractivity contribution in [2.24, 2.45) is 0 Å². The fraction of sp³-hybridized carbons (Fsp3) is 0.154. The van der Waals surface area contributed by atoms with Crippen LogP contribution in [-0.4, -0.2) is 5.78 Å². The van der Waals surface area contributed by atoms with Gasteiger partial charge in [-0.15, -0.1) is 11.3 Å². The molecular formula is C13H10Br2OS. The van der Waals surface area contributed by atoms with E-state index in [-0.39, 0.29) is 5.78 Å².